The third-order valence-electron chi connectivity index (χ3n) is 4.09. The van der Waals surface area contributed by atoms with Crippen molar-refractivity contribution in [2.75, 3.05) is 19.6 Å². The summed E-state index contributed by atoms with van der Waals surface area (Å²) in [7, 11) is -1.83. The predicted molar refractivity (Wildman–Crippen MR) is 90.1 cm³/mol. The van der Waals surface area contributed by atoms with Crippen LogP contribution in [0.25, 0.3) is 0 Å². The number of aromatic nitrogens is 2. The molecule has 1 aliphatic heterocycles. The molecule has 0 aliphatic carbocycles. The van der Waals surface area contributed by atoms with Crippen molar-refractivity contribution < 1.29 is 8.42 Å². The highest BCUT2D eigenvalue weighted by molar-refractivity contribution is 7.89. The van der Waals surface area contributed by atoms with Gasteiger partial charge in [0, 0.05) is 45.7 Å². The first-order chi connectivity index (χ1) is 11.5. The minimum Gasteiger partial charge on any atom is -0.297 e. The molecule has 0 saturated carbocycles. The molecule has 1 N–H and O–H groups in total. The van der Waals surface area contributed by atoms with Crippen molar-refractivity contribution in [2.24, 2.45) is 7.05 Å². The summed E-state index contributed by atoms with van der Waals surface area (Å²) in [6, 6.07) is 9.93. The number of aryl methyl sites for hydroxylation is 1. The highest BCUT2D eigenvalue weighted by Crippen LogP contribution is 2.14. The largest absolute Gasteiger partial charge is 0.297 e. The van der Waals surface area contributed by atoms with Crippen LogP contribution in [0.2, 0.25) is 0 Å². The number of fused-ring (bicyclic) bond motifs is 1. The monoisotopic (exact) mass is 348 g/mol. The van der Waals surface area contributed by atoms with Gasteiger partial charge in [0.2, 0.25) is 10.0 Å². The Hall–Kier alpha value is -2.03. The summed E-state index contributed by atoms with van der Waals surface area (Å²) in [4.78, 5) is 14.1. The number of sulfonamides is 1. The number of nitrogens with one attached hydrogen (secondary N) is 1. The lowest BCUT2D eigenvalue weighted by Gasteiger charge is -2.27. The molecule has 2 aromatic rings. The van der Waals surface area contributed by atoms with Gasteiger partial charge in [-0.2, -0.15) is 5.10 Å². The highest BCUT2D eigenvalue weighted by atomic mass is 32.2. The summed E-state index contributed by atoms with van der Waals surface area (Å²) in [6.45, 7) is 2.32. The maximum atomic E-state index is 12.2. The second-order valence-electron chi connectivity index (χ2n) is 5.82. The average molecular weight is 348 g/mol. The Labute approximate surface area is 141 Å². The van der Waals surface area contributed by atoms with Crippen molar-refractivity contribution in [2.45, 2.75) is 17.9 Å². The zero-order valence-electron chi connectivity index (χ0n) is 13.5. The van der Waals surface area contributed by atoms with Gasteiger partial charge in [0.05, 0.1) is 10.6 Å². The standard InChI is InChI=1S/C16H20N4O3S/c1-19-16(21)11-13-12-20(9-7-15(13)18-19)10-8-17-24(22,23)14-5-3-2-4-6-14/h2-6,11,17H,7-10,12H2,1H3. The number of hydrogen-bond donors (Lipinski definition) is 1. The molecule has 0 spiro atoms. The maximum Gasteiger partial charge on any atom is 0.266 e. The Bertz CT molecular complexity index is 878. The van der Waals surface area contributed by atoms with E-state index in [1.807, 2.05) is 0 Å². The molecule has 128 valence electrons. The van der Waals surface area contributed by atoms with E-state index in [2.05, 4.69) is 14.7 Å². The van der Waals surface area contributed by atoms with E-state index in [9.17, 15) is 13.2 Å². The summed E-state index contributed by atoms with van der Waals surface area (Å²) < 4.78 is 28.3. The SMILES string of the molecule is Cn1nc2c(cc1=O)CN(CCNS(=O)(=O)c1ccccc1)CC2. The Morgan fingerprint density at radius 1 is 1.25 bits per heavy atom. The Balaban J connectivity index is 1.58. The van der Waals surface area contributed by atoms with E-state index in [0.29, 0.717) is 19.6 Å². The zero-order valence-corrected chi connectivity index (χ0v) is 14.3. The van der Waals surface area contributed by atoms with Crippen LogP contribution in [0.4, 0.5) is 0 Å². The molecule has 1 aromatic heterocycles. The van der Waals surface area contributed by atoms with Gasteiger partial charge in [0.15, 0.2) is 0 Å². The molecule has 1 aliphatic rings. The lowest BCUT2D eigenvalue weighted by Crippen LogP contribution is -2.39. The third-order valence-corrected chi connectivity index (χ3v) is 5.57. The first-order valence-electron chi connectivity index (χ1n) is 7.79. The lowest BCUT2D eigenvalue weighted by molar-refractivity contribution is 0.254. The first-order valence-corrected chi connectivity index (χ1v) is 9.27. The van der Waals surface area contributed by atoms with Crippen LogP contribution in [0.5, 0.6) is 0 Å². The molecule has 0 radical (unpaired) electrons. The predicted octanol–water partition coefficient (Wildman–Crippen LogP) is 0.117. The molecule has 0 fully saturated rings. The van der Waals surface area contributed by atoms with Crippen LogP contribution in [0.3, 0.4) is 0 Å². The molecule has 0 unspecified atom stereocenters. The van der Waals surface area contributed by atoms with Crippen molar-refractivity contribution in [3.8, 4) is 0 Å². The van der Waals surface area contributed by atoms with Crippen LogP contribution in [-0.2, 0) is 30.0 Å². The molecule has 24 heavy (non-hydrogen) atoms. The van der Waals surface area contributed by atoms with Crippen molar-refractivity contribution in [1.82, 2.24) is 19.4 Å². The number of benzene rings is 1. The van der Waals surface area contributed by atoms with Crippen molar-refractivity contribution >= 4 is 10.0 Å². The van der Waals surface area contributed by atoms with E-state index in [-0.39, 0.29) is 10.5 Å². The fourth-order valence-electron chi connectivity index (χ4n) is 2.76. The van der Waals surface area contributed by atoms with Crippen LogP contribution in [-0.4, -0.2) is 42.7 Å². The van der Waals surface area contributed by atoms with Crippen LogP contribution in [0.15, 0.2) is 46.1 Å². The molecule has 1 aromatic carbocycles. The summed E-state index contributed by atoms with van der Waals surface area (Å²) in [5.41, 5.74) is 1.74. The fraction of sp³-hybridized carbons (Fsp3) is 0.375. The Morgan fingerprint density at radius 2 is 2.00 bits per heavy atom. The lowest BCUT2D eigenvalue weighted by atomic mass is 10.1. The molecule has 2 heterocycles. The number of hydrogen-bond acceptors (Lipinski definition) is 5. The molecular weight excluding hydrogens is 328 g/mol. The minimum atomic E-state index is -3.48. The maximum absolute atomic E-state index is 12.2. The second kappa shape index (κ2) is 6.84. The van der Waals surface area contributed by atoms with Gasteiger partial charge in [-0.1, -0.05) is 18.2 Å². The van der Waals surface area contributed by atoms with Crippen LogP contribution < -0.4 is 10.3 Å². The van der Waals surface area contributed by atoms with E-state index >= 15 is 0 Å². The van der Waals surface area contributed by atoms with E-state index in [0.717, 1.165) is 24.2 Å². The van der Waals surface area contributed by atoms with Gasteiger partial charge in [0.1, 0.15) is 0 Å². The van der Waals surface area contributed by atoms with Gasteiger partial charge < -0.3 is 0 Å². The third kappa shape index (κ3) is 3.72. The number of nitrogens with zero attached hydrogens (tertiary/aromatic N) is 3. The molecule has 8 heteroatoms. The van der Waals surface area contributed by atoms with Crippen LogP contribution >= 0.6 is 0 Å². The van der Waals surface area contributed by atoms with Crippen LogP contribution in [0.1, 0.15) is 11.3 Å². The normalized spacial score (nSPS) is 15.2. The molecule has 0 amide bonds. The van der Waals surface area contributed by atoms with E-state index in [1.165, 1.54) is 4.68 Å². The minimum absolute atomic E-state index is 0.125. The van der Waals surface area contributed by atoms with Crippen molar-refractivity contribution in [3.63, 3.8) is 0 Å². The summed E-state index contributed by atoms with van der Waals surface area (Å²) in [5, 5.41) is 4.27. The molecule has 7 nitrogen and oxygen atoms in total. The molecule has 3 rings (SSSR count). The van der Waals surface area contributed by atoms with Crippen molar-refractivity contribution in [3.05, 3.63) is 58.0 Å². The Kier molecular flexibility index (Phi) is 4.79. The van der Waals surface area contributed by atoms with Gasteiger partial charge in [-0.25, -0.2) is 17.8 Å². The zero-order chi connectivity index (χ0) is 17.2. The van der Waals surface area contributed by atoms with Crippen LogP contribution in [0, 0.1) is 0 Å². The second-order valence-corrected chi connectivity index (χ2v) is 7.58. The van der Waals surface area contributed by atoms with E-state index in [1.54, 1.807) is 43.4 Å². The summed E-state index contributed by atoms with van der Waals surface area (Å²) in [5.74, 6) is 0. The van der Waals surface area contributed by atoms with Crippen molar-refractivity contribution in [1.29, 1.82) is 0 Å². The fourth-order valence-corrected chi connectivity index (χ4v) is 3.81. The number of rotatable bonds is 5. The molecule has 0 saturated heterocycles. The molecule has 0 bridgehead atoms. The average Bonchev–Trinajstić information content (AvgIpc) is 2.57. The quantitative estimate of drug-likeness (QED) is 0.829. The van der Waals surface area contributed by atoms with E-state index < -0.39 is 10.0 Å². The van der Waals surface area contributed by atoms with Gasteiger partial charge in [-0.05, 0) is 17.7 Å². The summed E-state index contributed by atoms with van der Waals surface area (Å²) in [6.07, 6.45) is 0.759. The Morgan fingerprint density at radius 3 is 2.75 bits per heavy atom. The highest BCUT2D eigenvalue weighted by Gasteiger charge is 2.19. The molecular formula is C16H20N4O3S. The van der Waals surface area contributed by atoms with Gasteiger partial charge >= 0.3 is 0 Å². The van der Waals surface area contributed by atoms with Gasteiger partial charge in [-0.3, -0.25) is 9.69 Å². The smallest absolute Gasteiger partial charge is 0.266 e. The molecule has 0 atom stereocenters. The topological polar surface area (TPSA) is 84.3 Å². The summed E-state index contributed by atoms with van der Waals surface area (Å²) >= 11 is 0. The van der Waals surface area contributed by atoms with Gasteiger partial charge in [0.25, 0.3) is 5.56 Å². The van der Waals surface area contributed by atoms with Gasteiger partial charge in [-0.15, -0.1) is 0 Å². The van der Waals surface area contributed by atoms with E-state index in [4.69, 9.17) is 0 Å². The first kappa shape index (κ1) is 16.8.